The zero-order chi connectivity index (χ0) is 29.6. The van der Waals surface area contributed by atoms with Crippen molar-refractivity contribution in [1.29, 1.82) is 0 Å². The molecule has 218 valence electrons. The Morgan fingerprint density at radius 2 is 1.76 bits per heavy atom. The molecule has 0 radical (unpaired) electrons. The maximum atomic E-state index is 13.9. The van der Waals surface area contributed by atoms with Crippen LogP contribution in [0, 0.1) is 6.92 Å². The van der Waals surface area contributed by atoms with Crippen LogP contribution in [0.2, 0.25) is 0 Å². The smallest absolute Gasteiger partial charge is 0.255 e. The quantitative estimate of drug-likeness (QED) is 0.190. The third kappa shape index (κ3) is 6.08. The van der Waals surface area contributed by atoms with Crippen molar-refractivity contribution < 1.29 is 19.0 Å². The van der Waals surface area contributed by atoms with E-state index in [9.17, 15) is 4.79 Å². The van der Waals surface area contributed by atoms with Gasteiger partial charge in [0.15, 0.2) is 11.5 Å². The van der Waals surface area contributed by atoms with Crippen LogP contribution in [0.5, 0.6) is 17.2 Å². The van der Waals surface area contributed by atoms with Gasteiger partial charge in [-0.3, -0.25) is 4.79 Å². The Labute approximate surface area is 250 Å². The number of aryl methyl sites for hydroxylation is 1. The van der Waals surface area contributed by atoms with Crippen molar-refractivity contribution in [3.05, 3.63) is 94.7 Å². The molecule has 0 fully saturated rings. The van der Waals surface area contributed by atoms with Crippen molar-refractivity contribution in [1.82, 2.24) is 14.8 Å². The van der Waals surface area contributed by atoms with Crippen LogP contribution < -0.4 is 24.8 Å². The number of aromatic nitrogens is 3. The SMILES string of the molecule is CCCSc1nc2n(n1)C(c1ccc(OCc3ccccc3C)c(OC)c1)C(C(=O)Nc1ccccc1OC)=C(C)N2. The standard InChI is InChI=1S/C32H35N5O4S/c1-6-17-42-32-35-31-33-21(3)28(30(38)34-24-13-9-10-14-25(24)39-4)29(37(31)36-32)22-15-16-26(27(18-22)40-5)41-19-23-12-8-7-11-20(23)2/h7-16,18,29H,6,17,19H2,1-5H3,(H,34,38)(H,33,35,36). The highest BCUT2D eigenvalue weighted by Crippen LogP contribution is 2.40. The Balaban J connectivity index is 1.52. The number of thioether (sulfide) groups is 1. The number of amides is 1. The number of ether oxygens (including phenoxy) is 3. The van der Waals surface area contributed by atoms with E-state index in [0.717, 1.165) is 28.9 Å². The Morgan fingerprint density at radius 3 is 2.52 bits per heavy atom. The summed E-state index contributed by atoms with van der Waals surface area (Å²) in [5.74, 6) is 2.92. The molecule has 5 rings (SSSR count). The molecule has 0 aliphatic carbocycles. The zero-order valence-corrected chi connectivity index (χ0v) is 25.2. The van der Waals surface area contributed by atoms with E-state index in [0.29, 0.717) is 51.9 Å². The molecule has 42 heavy (non-hydrogen) atoms. The maximum Gasteiger partial charge on any atom is 0.255 e. The Kier molecular flexibility index (Phi) is 9.02. The number of carbonyl (C=O) groups is 1. The molecule has 3 aromatic carbocycles. The third-order valence-corrected chi connectivity index (χ3v) is 8.06. The molecule has 9 nitrogen and oxygen atoms in total. The largest absolute Gasteiger partial charge is 0.495 e. The summed E-state index contributed by atoms with van der Waals surface area (Å²) in [7, 11) is 3.19. The molecule has 0 saturated carbocycles. The summed E-state index contributed by atoms with van der Waals surface area (Å²) < 4.78 is 19.2. The summed E-state index contributed by atoms with van der Waals surface area (Å²) >= 11 is 1.58. The summed E-state index contributed by atoms with van der Waals surface area (Å²) in [5, 5.41) is 11.8. The maximum absolute atomic E-state index is 13.9. The van der Waals surface area contributed by atoms with Gasteiger partial charge in [0, 0.05) is 11.4 Å². The lowest BCUT2D eigenvalue weighted by atomic mass is 9.94. The van der Waals surface area contributed by atoms with Crippen LogP contribution in [-0.4, -0.2) is 40.6 Å². The summed E-state index contributed by atoms with van der Waals surface area (Å²) in [6.45, 7) is 6.46. The number of nitrogens with zero attached hydrogens (tertiary/aromatic N) is 3. The van der Waals surface area contributed by atoms with Gasteiger partial charge >= 0.3 is 0 Å². The van der Waals surface area contributed by atoms with Crippen molar-refractivity contribution in [2.75, 3.05) is 30.6 Å². The summed E-state index contributed by atoms with van der Waals surface area (Å²) in [5.41, 5.74) is 4.81. The molecule has 1 aliphatic rings. The van der Waals surface area contributed by atoms with Gasteiger partial charge in [-0.05, 0) is 61.2 Å². The Morgan fingerprint density at radius 1 is 1.00 bits per heavy atom. The lowest BCUT2D eigenvalue weighted by molar-refractivity contribution is -0.113. The fourth-order valence-corrected chi connectivity index (χ4v) is 5.51. The molecule has 2 N–H and O–H groups in total. The van der Waals surface area contributed by atoms with Crippen molar-refractivity contribution in [3.63, 3.8) is 0 Å². The minimum Gasteiger partial charge on any atom is -0.495 e. The Bertz CT molecular complexity index is 1620. The highest BCUT2D eigenvalue weighted by atomic mass is 32.2. The number of hydrogen-bond acceptors (Lipinski definition) is 8. The predicted molar refractivity (Wildman–Crippen MR) is 166 cm³/mol. The molecule has 1 unspecified atom stereocenters. The van der Waals surface area contributed by atoms with Gasteiger partial charge in [-0.25, -0.2) is 4.68 Å². The first-order valence-electron chi connectivity index (χ1n) is 13.8. The van der Waals surface area contributed by atoms with Gasteiger partial charge < -0.3 is 24.8 Å². The molecule has 0 spiro atoms. The van der Waals surface area contributed by atoms with Gasteiger partial charge in [0.05, 0.1) is 25.5 Å². The average molecular weight is 586 g/mol. The van der Waals surface area contributed by atoms with E-state index in [1.807, 2.05) is 61.5 Å². The number of hydrogen-bond donors (Lipinski definition) is 2. The minimum atomic E-state index is -0.571. The Hall–Kier alpha value is -4.44. The topological polar surface area (TPSA) is 99.5 Å². The van der Waals surface area contributed by atoms with Crippen molar-refractivity contribution in [2.24, 2.45) is 0 Å². The van der Waals surface area contributed by atoms with Gasteiger partial charge in [0.1, 0.15) is 18.4 Å². The lowest BCUT2D eigenvalue weighted by Gasteiger charge is -2.29. The predicted octanol–water partition coefficient (Wildman–Crippen LogP) is 6.61. The number of methoxy groups -OCH3 is 2. The molecular weight excluding hydrogens is 550 g/mol. The molecule has 2 heterocycles. The lowest BCUT2D eigenvalue weighted by Crippen LogP contribution is -2.31. The molecule has 1 aromatic heterocycles. The van der Waals surface area contributed by atoms with E-state index in [2.05, 4.69) is 30.5 Å². The number of benzene rings is 3. The average Bonchev–Trinajstić information content (AvgIpc) is 3.41. The molecule has 1 aliphatic heterocycles. The second kappa shape index (κ2) is 13.0. The minimum absolute atomic E-state index is 0.280. The zero-order valence-electron chi connectivity index (χ0n) is 24.4. The van der Waals surface area contributed by atoms with Crippen molar-refractivity contribution >= 4 is 29.3 Å². The van der Waals surface area contributed by atoms with E-state index in [1.165, 1.54) is 0 Å². The van der Waals surface area contributed by atoms with E-state index < -0.39 is 6.04 Å². The highest BCUT2D eigenvalue weighted by molar-refractivity contribution is 7.99. The number of allylic oxidation sites excluding steroid dienone is 1. The highest BCUT2D eigenvalue weighted by Gasteiger charge is 2.35. The van der Waals surface area contributed by atoms with Crippen LogP contribution in [0.3, 0.4) is 0 Å². The second-order valence-corrected chi connectivity index (χ2v) is 10.9. The van der Waals surface area contributed by atoms with Crippen LogP contribution in [0.15, 0.2) is 83.2 Å². The van der Waals surface area contributed by atoms with Crippen LogP contribution in [0.25, 0.3) is 0 Å². The van der Waals surface area contributed by atoms with Gasteiger partial charge in [-0.1, -0.05) is 61.2 Å². The third-order valence-electron chi connectivity index (χ3n) is 7.02. The molecule has 10 heteroatoms. The molecule has 1 atom stereocenters. The van der Waals surface area contributed by atoms with Crippen molar-refractivity contribution in [2.45, 2.75) is 45.0 Å². The monoisotopic (exact) mass is 585 g/mol. The normalized spacial score (nSPS) is 14.2. The molecule has 0 saturated heterocycles. The summed E-state index contributed by atoms with van der Waals surface area (Å²) in [4.78, 5) is 18.7. The van der Waals surface area contributed by atoms with Gasteiger partial charge in [-0.15, -0.1) is 5.10 Å². The number of nitrogens with one attached hydrogen (secondary N) is 2. The van der Waals surface area contributed by atoms with Gasteiger partial charge in [0.25, 0.3) is 5.91 Å². The summed E-state index contributed by atoms with van der Waals surface area (Å²) in [6.07, 6.45) is 0.996. The number of anilines is 2. The number of fused-ring (bicyclic) bond motifs is 1. The number of carbonyl (C=O) groups excluding carboxylic acids is 1. The van der Waals surface area contributed by atoms with Gasteiger partial charge in [0.2, 0.25) is 11.1 Å². The fourth-order valence-electron chi connectivity index (χ4n) is 4.83. The second-order valence-electron chi connectivity index (χ2n) is 9.86. The molecular formula is C32H35N5O4S. The van der Waals surface area contributed by atoms with E-state index >= 15 is 0 Å². The van der Waals surface area contributed by atoms with E-state index in [4.69, 9.17) is 24.3 Å². The number of para-hydroxylation sites is 2. The molecule has 0 bridgehead atoms. The summed E-state index contributed by atoms with van der Waals surface area (Å²) in [6, 6.07) is 20.6. The molecule has 1 amide bonds. The first kappa shape index (κ1) is 29.1. The van der Waals surface area contributed by atoms with Crippen LogP contribution >= 0.6 is 11.8 Å². The van der Waals surface area contributed by atoms with Gasteiger partial charge in [-0.2, -0.15) is 4.98 Å². The fraction of sp³-hybridized carbons (Fsp3) is 0.281. The number of rotatable bonds is 11. The molecule has 4 aromatic rings. The first-order chi connectivity index (χ1) is 20.4. The van der Waals surface area contributed by atoms with Crippen LogP contribution in [-0.2, 0) is 11.4 Å². The van der Waals surface area contributed by atoms with Crippen LogP contribution in [0.1, 0.15) is 43.0 Å². The van der Waals surface area contributed by atoms with Crippen molar-refractivity contribution in [3.8, 4) is 17.2 Å². The first-order valence-corrected chi connectivity index (χ1v) is 14.8. The van der Waals surface area contributed by atoms with E-state index in [-0.39, 0.29) is 5.91 Å². The van der Waals surface area contributed by atoms with E-state index in [1.54, 1.807) is 36.7 Å². The van der Waals surface area contributed by atoms with Crippen LogP contribution in [0.4, 0.5) is 11.6 Å².